The number of amides is 1. The zero-order valence-electron chi connectivity index (χ0n) is 38.5. The molecule has 0 aromatic rings. The lowest BCUT2D eigenvalue weighted by atomic mass is 10.00. The van der Waals surface area contributed by atoms with Crippen LogP contribution in [0.1, 0.15) is 258 Å². The first-order valence-corrected chi connectivity index (χ1v) is 25.4. The van der Waals surface area contributed by atoms with Crippen LogP contribution in [0, 0.1) is 0 Å². The van der Waals surface area contributed by atoms with Gasteiger partial charge in [0.05, 0.1) is 18.8 Å². The number of hydrogen-bond acceptors (Lipinski definition) is 5. The molecule has 1 amide bonds. The molecule has 342 valence electrons. The summed E-state index contributed by atoms with van der Waals surface area (Å²) in [6.07, 6.45) is 56.2. The molecule has 0 saturated heterocycles. The lowest BCUT2D eigenvalue weighted by Crippen LogP contribution is -2.53. The zero-order chi connectivity index (χ0) is 42.4. The summed E-state index contributed by atoms with van der Waals surface area (Å²) in [5, 5.41) is 43.8. The minimum absolute atomic E-state index is 0.357. The molecule has 0 bridgehead atoms. The Morgan fingerprint density at radius 3 is 1.17 bits per heavy atom. The van der Waals surface area contributed by atoms with E-state index in [2.05, 4.69) is 55.6 Å². The van der Waals surface area contributed by atoms with Crippen LogP contribution in [0.5, 0.6) is 0 Å². The number of allylic oxidation sites excluding steroid dienone is 6. The minimum Gasteiger partial charge on any atom is -0.394 e. The molecule has 6 heteroatoms. The summed E-state index contributed by atoms with van der Waals surface area (Å²) in [5.41, 5.74) is 0. The molecule has 0 aromatic carbocycles. The van der Waals surface area contributed by atoms with Crippen molar-refractivity contribution in [1.82, 2.24) is 5.32 Å². The fourth-order valence-electron chi connectivity index (χ4n) is 7.81. The predicted molar refractivity (Wildman–Crippen MR) is 251 cm³/mol. The van der Waals surface area contributed by atoms with E-state index < -0.39 is 36.9 Å². The molecule has 0 heterocycles. The molecular formula is C52H99NO5. The number of carbonyl (C=O) groups excluding carboxylic acids is 1. The molecule has 58 heavy (non-hydrogen) atoms. The van der Waals surface area contributed by atoms with Gasteiger partial charge >= 0.3 is 0 Å². The Bertz CT molecular complexity index is 919. The number of aliphatic hydroxyl groups excluding tert-OH is 4. The van der Waals surface area contributed by atoms with Gasteiger partial charge in [0.25, 0.3) is 0 Å². The highest BCUT2D eigenvalue weighted by molar-refractivity contribution is 5.80. The number of hydrogen-bond donors (Lipinski definition) is 5. The van der Waals surface area contributed by atoms with E-state index in [9.17, 15) is 25.2 Å². The third-order valence-corrected chi connectivity index (χ3v) is 11.9. The van der Waals surface area contributed by atoms with E-state index >= 15 is 0 Å². The fraction of sp³-hybridized carbons (Fsp3) is 0.865. The van der Waals surface area contributed by atoms with Crippen LogP contribution in [-0.2, 0) is 4.79 Å². The van der Waals surface area contributed by atoms with Crippen molar-refractivity contribution in [3.05, 3.63) is 36.5 Å². The van der Waals surface area contributed by atoms with E-state index in [1.807, 2.05) is 0 Å². The van der Waals surface area contributed by atoms with Crippen LogP contribution in [-0.4, -0.2) is 57.3 Å². The van der Waals surface area contributed by atoms with Gasteiger partial charge in [-0.05, 0) is 64.2 Å². The summed E-state index contributed by atoms with van der Waals surface area (Å²) in [7, 11) is 0. The van der Waals surface area contributed by atoms with Gasteiger partial charge in [-0.3, -0.25) is 4.79 Å². The summed E-state index contributed by atoms with van der Waals surface area (Å²) in [6.45, 7) is 4.03. The Balaban J connectivity index is 3.70. The second-order valence-corrected chi connectivity index (χ2v) is 17.5. The Morgan fingerprint density at radius 1 is 0.431 bits per heavy atom. The van der Waals surface area contributed by atoms with E-state index in [0.29, 0.717) is 12.8 Å². The summed E-state index contributed by atoms with van der Waals surface area (Å²) >= 11 is 0. The molecule has 5 N–H and O–H groups in total. The van der Waals surface area contributed by atoms with Crippen LogP contribution in [0.2, 0.25) is 0 Å². The van der Waals surface area contributed by atoms with Crippen molar-refractivity contribution >= 4 is 5.91 Å². The maximum Gasteiger partial charge on any atom is 0.249 e. The van der Waals surface area contributed by atoms with Gasteiger partial charge < -0.3 is 25.7 Å². The van der Waals surface area contributed by atoms with Gasteiger partial charge in [0.1, 0.15) is 12.2 Å². The van der Waals surface area contributed by atoms with Crippen LogP contribution in [0.25, 0.3) is 0 Å². The fourth-order valence-corrected chi connectivity index (χ4v) is 7.81. The average molecular weight is 818 g/mol. The molecule has 0 aliphatic carbocycles. The quantitative estimate of drug-likeness (QED) is 0.0239. The zero-order valence-corrected chi connectivity index (χ0v) is 38.5. The number of aliphatic hydroxyl groups is 4. The molecule has 0 aliphatic rings. The predicted octanol–water partition coefficient (Wildman–Crippen LogP) is 14.1. The van der Waals surface area contributed by atoms with Gasteiger partial charge in [0.15, 0.2) is 0 Å². The molecule has 0 aromatic heterocycles. The van der Waals surface area contributed by atoms with Crippen LogP contribution >= 0.6 is 0 Å². The van der Waals surface area contributed by atoms with Crippen molar-refractivity contribution in [2.24, 2.45) is 0 Å². The SMILES string of the molecule is CCCCC/C=C\C=C/CCCCCCCCCCCC(O)C(=O)NC(CO)C(O)C(O)CCC/C=C/CCCCCCCCCCCCCCCCCCCCC. The van der Waals surface area contributed by atoms with E-state index in [1.165, 1.54) is 186 Å². The van der Waals surface area contributed by atoms with Crippen LogP contribution in [0.4, 0.5) is 0 Å². The van der Waals surface area contributed by atoms with Crippen LogP contribution in [0.3, 0.4) is 0 Å². The molecular weight excluding hydrogens is 719 g/mol. The van der Waals surface area contributed by atoms with Crippen LogP contribution in [0.15, 0.2) is 36.5 Å². The van der Waals surface area contributed by atoms with Gasteiger partial charge in [-0.1, -0.05) is 230 Å². The highest BCUT2D eigenvalue weighted by atomic mass is 16.3. The molecule has 6 nitrogen and oxygen atoms in total. The first kappa shape index (κ1) is 56.5. The largest absolute Gasteiger partial charge is 0.394 e. The highest BCUT2D eigenvalue weighted by Crippen LogP contribution is 2.17. The maximum absolute atomic E-state index is 12.5. The summed E-state index contributed by atoms with van der Waals surface area (Å²) in [6, 6.07) is -1.00. The Morgan fingerprint density at radius 2 is 0.759 bits per heavy atom. The van der Waals surface area contributed by atoms with Gasteiger partial charge in [-0.15, -0.1) is 0 Å². The number of carbonyl (C=O) groups is 1. The lowest BCUT2D eigenvalue weighted by molar-refractivity contribution is -0.132. The topological polar surface area (TPSA) is 110 Å². The minimum atomic E-state index is -1.28. The molecule has 0 aliphatic heterocycles. The smallest absolute Gasteiger partial charge is 0.249 e. The normalized spacial score (nSPS) is 14.2. The standard InChI is InChI=1S/C52H99NO5/c1-3-5-7-9-11-13-15-17-19-21-23-24-25-26-27-28-30-31-33-35-37-39-41-43-45-49(55)51(57)48(47-54)53-52(58)50(56)46-44-42-40-38-36-34-32-29-22-20-18-16-14-12-10-8-6-4-2/h12,14,16,18,37,39,48-51,54-57H,3-11,13,15,17,19-36,38,40-47H2,1-2H3,(H,53,58)/b14-12-,18-16-,39-37+. The Labute approximate surface area is 360 Å². The number of nitrogens with one attached hydrogen (secondary N) is 1. The molecule has 4 atom stereocenters. The van der Waals surface area contributed by atoms with Gasteiger partial charge in [-0.2, -0.15) is 0 Å². The summed E-state index contributed by atoms with van der Waals surface area (Å²) in [5.74, 6) is -0.596. The van der Waals surface area contributed by atoms with Crippen molar-refractivity contribution in [1.29, 1.82) is 0 Å². The maximum atomic E-state index is 12.5. The summed E-state index contributed by atoms with van der Waals surface area (Å²) in [4.78, 5) is 12.5. The average Bonchev–Trinajstić information content (AvgIpc) is 3.23. The molecule has 0 rings (SSSR count). The number of rotatable bonds is 46. The van der Waals surface area contributed by atoms with E-state index in [-0.39, 0.29) is 0 Å². The van der Waals surface area contributed by atoms with Crippen LogP contribution < -0.4 is 5.32 Å². The van der Waals surface area contributed by atoms with E-state index in [0.717, 1.165) is 44.9 Å². The lowest BCUT2D eigenvalue weighted by Gasteiger charge is -2.27. The number of unbranched alkanes of at least 4 members (excludes halogenated alkanes) is 32. The van der Waals surface area contributed by atoms with E-state index in [4.69, 9.17) is 0 Å². The second-order valence-electron chi connectivity index (χ2n) is 17.5. The molecule has 0 saturated carbocycles. The van der Waals surface area contributed by atoms with Crippen molar-refractivity contribution in [3.8, 4) is 0 Å². The molecule has 0 fully saturated rings. The molecule has 0 radical (unpaired) electrons. The monoisotopic (exact) mass is 818 g/mol. The Hall–Kier alpha value is -1.47. The summed E-state index contributed by atoms with van der Waals surface area (Å²) < 4.78 is 0. The highest BCUT2D eigenvalue weighted by Gasteiger charge is 2.28. The van der Waals surface area contributed by atoms with Gasteiger partial charge in [-0.25, -0.2) is 0 Å². The van der Waals surface area contributed by atoms with Gasteiger partial charge in [0.2, 0.25) is 5.91 Å². The van der Waals surface area contributed by atoms with Crippen molar-refractivity contribution in [2.75, 3.05) is 6.61 Å². The van der Waals surface area contributed by atoms with Gasteiger partial charge in [0, 0.05) is 0 Å². The second kappa shape index (κ2) is 46.6. The first-order chi connectivity index (χ1) is 28.5. The first-order valence-electron chi connectivity index (χ1n) is 25.4. The molecule has 4 unspecified atom stereocenters. The third-order valence-electron chi connectivity index (χ3n) is 11.9. The van der Waals surface area contributed by atoms with E-state index in [1.54, 1.807) is 0 Å². The Kier molecular flexibility index (Phi) is 45.4. The third kappa shape index (κ3) is 40.0. The molecule has 0 spiro atoms. The van der Waals surface area contributed by atoms with Crippen molar-refractivity contribution in [3.63, 3.8) is 0 Å². The van der Waals surface area contributed by atoms with Crippen molar-refractivity contribution in [2.45, 2.75) is 282 Å². The van der Waals surface area contributed by atoms with Crippen molar-refractivity contribution < 1.29 is 25.2 Å².